The number of rotatable bonds is 7. The average Bonchev–Trinajstić information content (AvgIpc) is 3.40. The van der Waals surface area contributed by atoms with Crippen LogP contribution in [0.4, 0.5) is 0 Å². The van der Waals surface area contributed by atoms with Crippen LogP contribution in [0.1, 0.15) is 47.2 Å². The standard InChI is InChI=1S/C31H32Cl2N2O3/c32-26-12-11-25(21-27(26)33)30(14-20-35(22-30)28(36)23-7-3-1-4-8-23)13-17-34-18-15-31(16-19-34,29(37)38)24-9-5-2-6-10-24/h1-12,21H,13-20,22H2,(H,37,38). The van der Waals surface area contributed by atoms with Crippen LogP contribution in [0.3, 0.4) is 0 Å². The Hall–Kier alpha value is -2.86. The zero-order valence-electron chi connectivity index (χ0n) is 21.3. The number of likely N-dealkylation sites (tertiary alicyclic amines) is 2. The quantitative estimate of drug-likeness (QED) is 0.375. The van der Waals surface area contributed by atoms with Gasteiger partial charge in [0.25, 0.3) is 5.91 Å². The Morgan fingerprint density at radius 2 is 1.45 bits per heavy atom. The lowest BCUT2D eigenvalue weighted by molar-refractivity contribution is -0.146. The summed E-state index contributed by atoms with van der Waals surface area (Å²) < 4.78 is 0. The molecule has 1 atom stereocenters. The van der Waals surface area contributed by atoms with E-state index in [0.29, 0.717) is 54.6 Å². The van der Waals surface area contributed by atoms with Crippen LogP contribution in [-0.2, 0) is 15.6 Å². The summed E-state index contributed by atoms with van der Waals surface area (Å²) in [6.45, 7) is 3.52. The number of hydrogen-bond acceptors (Lipinski definition) is 3. The third-order valence-corrected chi connectivity index (χ3v) is 9.28. The zero-order valence-corrected chi connectivity index (χ0v) is 22.8. The number of halogens is 2. The summed E-state index contributed by atoms with van der Waals surface area (Å²) in [4.78, 5) is 30.0. The van der Waals surface area contributed by atoms with Crippen molar-refractivity contribution in [3.05, 3.63) is 106 Å². The van der Waals surface area contributed by atoms with E-state index < -0.39 is 11.4 Å². The van der Waals surface area contributed by atoms with Crippen molar-refractivity contribution in [1.29, 1.82) is 0 Å². The topological polar surface area (TPSA) is 60.9 Å². The average molecular weight is 552 g/mol. The van der Waals surface area contributed by atoms with Gasteiger partial charge in [-0.2, -0.15) is 0 Å². The van der Waals surface area contributed by atoms with Gasteiger partial charge in [0.2, 0.25) is 0 Å². The van der Waals surface area contributed by atoms with Gasteiger partial charge in [-0.15, -0.1) is 0 Å². The van der Waals surface area contributed by atoms with Gasteiger partial charge in [-0.1, -0.05) is 77.8 Å². The smallest absolute Gasteiger partial charge is 0.314 e. The van der Waals surface area contributed by atoms with E-state index in [4.69, 9.17) is 23.2 Å². The molecular formula is C31H32Cl2N2O3. The molecule has 1 N–H and O–H groups in total. The normalized spacial score (nSPS) is 21.4. The zero-order chi connectivity index (χ0) is 26.8. The van der Waals surface area contributed by atoms with E-state index in [1.807, 2.05) is 83.8 Å². The van der Waals surface area contributed by atoms with E-state index in [9.17, 15) is 14.7 Å². The summed E-state index contributed by atoms with van der Waals surface area (Å²) in [5.41, 5.74) is 1.58. The highest BCUT2D eigenvalue weighted by Crippen LogP contribution is 2.42. The number of carbonyl (C=O) groups is 2. The number of amides is 1. The van der Waals surface area contributed by atoms with Crippen LogP contribution in [0.2, 0.25) is 10.0 Å². The molecule has 0 spiro atoms. The summed E-state index contributed by atoms with van der Waals surface area (Å²) in [6, 6.07) is 24.8. The molecule has 5 rings (SSSR count). The minimum absolute atomic E-state index is 0.0413. The molecule has 2 fully saturated rings. The Kier molecular flexibility index (Phi) is 7.80. The predicted molar refractivity (Wildman–Crippen MR) is 151 cm³/mol. The number of carboxylic acid groups (broad SMARTS) is 1. The van der Waals surface area contributed by atoms with Gasteiger partial charge in [0.1, 0.15) is 0 Å². The number of carboxylic acids is 1. The number of benzene rings is 3. The molecule has 5 nitrogen and oxygen atoms in total. The maximum absolute atomic E-state index is 13.3. The van der Waals surface area contributed by atoms with Crippen molar-refractivity contribution in [1.82, 2.24) is 9.80 Å². The van der Waals surface area contributed by atoms with E-state index in [-0.39, 0.29) is 11.3 Å². The number of carbonyl (C=O) groups excluding carboxylic acids is 1. The lowest BCUT2D eigenvalue weighted by Crippen LogP contribution is -2.48. The van der Waals surface area contributed by atoms with E-state index in [2.05, 4.69) is 4.90 Å². The summed E-state index contributed by atoms with van der Waals surface area (Å²) >= 11 is 12.7. The van der Waals surface area contributed by atoms with Crippen LogP contribution in [0.5, 0.6) is 0 Å². The highest BCUT2D eigenvalue weighted by molar-refractivity contribution is 6.42. The summed E-state index contributed by atoms with van der Waals surface area (Å²) in [7, 11) is 0. The van der Waals surface area contributed by atoms with Crippen molar-refractivity contribution in [2.75, 3.05) is 32.7 Å². The molecular weight excluding hydrogens is 519 g/mol. The molecule has 7 heteroatoms. The van der Waals surface area contributed by atoms with Crippen LogP contribution in [0.25, 0.3) is 0 Å². The van der Waals surface area contributed by atoms with Gasteiger partial charge in [0.05, 0.1) is 15.5 Å². The molecule has 38 heavy (non-hydrogen) atoms. The Morgan fingerprint density at radius 3 is 2.08 bits per heavy atom. The van der Waals surface area contributed by atoms with Crippen LogP contribution < -0.4 is 0 Å². The fourth-order valence-corrected chi connectivity index (χ4v) is 6.43. The second-order valence-electron chi connectivity index (χ2n) is 10.6. The molecule has 2 aliphatic heterocycles. The Bertz CT molecular complexity index is 1290. The van der Waals surface area contributed by atoms with Crippen molar-refractivity contribution >= 4 is 35.1 Å². The molecule has 0 aromatic heterocycles. The molecule has 2 saturated heterocycles. The van der Waals surface area contributed by atoms with E-state index >= 15 is 0 Å². The van der Waals surface area contributed by atoms with Gasteiger partial charge in [-0.25, -0.2) is 0 Å². The Morgan fingerprint density at radius 1 is 0.789 bits per heavy atom. The highest BCUT2D eigenvalue weighted by Gasteiger charge is 2.45. The largest absolute Gasteiger partial charge is 0.481 e. The molecule has 3 aromatic rings. The molecule has 1 unspecified atom stereocenters. The molecule has 0 aliphatic carbocycles. The number of hydrogen-bond donors (Lipinski definition) is 1. The first-order valence-corrected chi connectivity index (χ1v) is 13.9. The number of nitrogens with zero attached hydrogens (tertiary/aromatic N) is 2. The van der Waals surface area contributed by atoms with Gasteiger partial charge in [0, 0.05) is 24.1 Å². The first kappa shape index (κ1) is 26.7. The molecule has 3 aromatic carbocycles. The molecule has 0 saturated carbocycles. The highest BCUT2D eigenvalue weighted by atomic mass is 35.5. The van der Waals surface area contributed by atoms with E-state index in [0.717, 1.165) is 30.5 Å². The fourth-order valence-electron chi connectivity index (χ4n) is 6.13. The van der Waals surface area contributed by atoms with Gasteiger partial charge >= 0.3 is 5.97 Å². The predicted octanol–water partition coefficient (Wildman–Crippen LogP) is 6.29. The van der Waals surface area contributed by atoms with Crippen molar-refractivity contribution in [3.63, 3.8) is 0 Å². The Labute approximate surface area is 234 Å². The molecule has 198 valence electrons. The first-order chi connectivity index (χ1) is 18.3. The number of aliphatic carboxylic acids is 1. The summed E-state index contributed by atoms with van der Waals surface area (Å²) in [5, 5.41) is 11.2. The first-order valence-electron chi connectivity index (χ1n) is 13.1. The minimum atomic E-state index is -0.842. The van der Waals surface area contributed by atoms with Crippen LogP contribution in [-0.4, -0.2) is 59.5 Å². The van der Waals surface area contributed by atoms with Gasteiger partial charge in [-0.3, -0.25) is 9.59 Å². The summed E-state index contributed by atoms with van der Waals surface area (Å²) in [6.07, 6.45) is 2.82. The molecule has 1 amide bonds. The van der Waals surface area contributed by atoms with E-state index in [1.165, 1.54) is 0 Å². The number of piperidine rings is 1. The SMILES string of the molecule is O=C(c1ccccc1)N1CCC(CCN2CCC(C(=O)O)(c3ccccc3)CC2)(c2ccc(Cl)c(Cl)c2)C1. The van der Waals surface area contributed by atoms with Crippen molar-refractivity contribution in [3.8, 4) is 0 Å². The second kappa shape index (κ2) is 11.1. The van der Waals surface area contributed by atoms with Crippen LogP contribution in [0.15, 0.2) is 78.9 Å². The van der Waals surface area contributed by atoms with Crippen molar-refractivity contribution in [2.24, 2.45) is 0 Å². The maximum Gasteiger partial charge on any atom is 0.314 e. The third-order valence-electron chi connectivity index (χ3n) is 8.55. The molecule has 2 aliphatic rings. The lowest BCUT2D eigenvalue weighted by atomic mass is 9.72. The van der Waals surface area contributed by atoms with Gasteiger partial charge in [-0.05, 0) is 80.7 Å². The fraction of sp³-hybridized carbons (Fsp3) is 0.355. The van der Waals surface area contributed by atoms with Crippen molar-refractivity contribution in [2.45, 2.75) is 36.5 Å². The minimum Gasteiger partial charge on any atom is -0.481 e. The van der Waals surface area contributed by atoms with Crippen molar-refractivity contribution < 1.29 is 14.7 Å². The monoisotopic (exact) mass is 550 g/mol. The summed E-state index contributed by atoms with van der Waals surface area (Å²) in [5.74, 6) is -0.707. The van der Waals surface area contributed by atoms with Gasteiger partial charge < -0.3 is 14.9 Å². The lowest BCUT2D eigenvalue weighted by Gasteiger charge is -2.40. The molecule has 2 heterocycles. The molecule has 0 radical (unpaired) electrons. The molecule has 0 bridgehead atoms. The van der Waals surface area contributed by atoms with E-state index in [1.54, 1.807) is 0 Å². The maximum atomic E-state index is 13.3. The van der Waals surface area contributed by atoms with Gasteiger partial charge in [0.15, 0.2) is 0 Å². The Balaban J connectivity index is 1.33. The van der Waals surface area contributed by atoms with Crippen LogP contribution in [0, 0.1) is 0 Å². The second-order valence-corrected chi connectivity index (χ2v) is 11.4. The van der Waals surface area contributed by atoms with Crippen LogP contribution >= 0.6 is 23.2 Å². The third kappa shape index (κ3) is 5.20.